The zero-order valence-corrected chi connectivity index (χ0v) is 19.1. The number of nitrogens with one attached hydrogen (secondary N) is 2. The maximum Gasteiger partial charge on any atom is 0.248 e. The number of hydrogen-bond donors (Lipinski definition) is 3. The van der Waals surface area contributed by atoms with Crippen LogP contribution in [0.5, 0.6) is 5.75 Å². The van der Waals surface area contributed by atoms with E-state index in [4.69, 9.17) is 9.94 Å². The molecule has 0 aliphatic heterocycles. The Kier molecular flexibility index (Phi) is 6.92. The van der Waals surface area contributed by atoms with Gasteiger partial charge in [0.15, 0.2) is 0 Å². The van der Waals surface area contributed by atoms with Crippen LogP contribution in [0.4, 0.5) is 0 Å². The van der Waals surface area contributed by atoms with Crippen molar-refractivity contribution in [2.45, 2.75) is 50.2 Å². The lowest BCUT2D eigenvalue weighted by atomic mass is 9.85. The number of hydroxylamine groups is 1. The molecule has 4 rings (SSSR count). The molecule has 1 saturated carbocycles. The van der Waals surface area contributed by atoms with Crippen LogP contribution in [0.3, 0.4) is 0 Å². The van der Waals surface area contributed by atoms with E-state index in [0.717, 1.165) is 35.0 Å². The van der Waals surface area contributed by atoms with Crippen molar-refractivity contribution < 1.29 is 23.2 Å². The molecule has 8 nitrogen and oxygen atoms in total. The summed E-state index contributed by atoms with van der Waals surface area (Å²) in [7, 11) is -3.83. The zero-order valence-electron chi connectivity index (χ0n) is 18.3. The molecule has 1 fully saturated rings. The number of hydrogen-bond acceptors (Lipinski definition) is 6. The summed E-state index contributed by atoms with van der Waals surface area (Å²) in [6.45, 7) is 2.26. The smallest absolute Gasteiger partial charge is 0.248 e. The van der Waals surface area contributed by atoms with E-state index in [1.165, 1.54) is 12.1 Å². The number of carbonyl (C=O) groups excluding carboxylic acids is 1. The second-order valence-corrected chi connectivity index (χ2v) is 10.0. The fourth-order valence-electron chi connectivity index (χ4n) is 4.33. The summed E-state index contributed by atoms with van der Waals surface area (Å²) < 4.78 is 34.3. The van der Waals surface area contributed by atoms with Gasteiger partial charge in [-0.25, -0.2) is 18.6 Å². The van der Waals surface area contributed by atoms with Gasteiger partial charge < -0.3 is 4.74 Å². The number of benzene rings is 2. The first-order valence-corrected chi connectivity index (χ1v) is 12.4. The van der Waals surface area contributed by atoms with Crippen molar-refractivity contribution in [3.8, 4) is 5.75 Å². The summed E-state index contributed by atoms with van der Waals surface area (Å²) >= 11 is 0. The maximum absolute atomic E-state index is 12.9. The highest BCUT2D eigenvalue weighted by molar-refractivity contribution is 7.89. The molecule has 2 unspecified atom stereocenters. The second-order valence-electron chi connectivity index (χ2n) is 8.29. The first kappa shape index (κ1) is 23.2. The summed E-state index contributed by atoms with van der Waals surface area (Å²) in [5.74, 6) is -0.618. The fraction of sp³-hybridized carbons (Fsp3) is 0.333. The maximum atomic E-state index is 12.9. The number of aromatic nitrogens is 1. The van der Waals surface area contributed by atoms with Gasteiger partial charge in [-0.3, -0.25) is 15.0 Å². The Bertz CT molecular complexity index is 1240. The number of aryl methyl sites for hydroxylation is 1. The van der Waals surface area contributed by atoms with Gasteiger partial charge in [0.05, 0.1) is 16.3 Å². The lowest BCUT2D eigenvalue weighted by Crippen LogP contribution is -2.47. The molecule has 174 valence electrons. The quantitative estimate of drug-likeness (QED) is 0.360. The van der Waals surface area contributed by atoms with E-state index in [-0.39, 0.29) is 4.90 Å². The molecule has 0 spiro atoms. The van der Waals surface area contributed by atoms with Crippen molar-refractivity contribution in [1.82, 2.24) is 15.2 Å². The monoisotopic (exact) mass is 469 g/mol. The molecule has 3 N–H and O–H groups in total. The molecule has 0 bridgehead atoms. The highest BCUT2D eigenvalue weighted by atomic mass is 32.2. The highest BCUT2D eigenvalue weighted by Gasteiger charge is 2.34. The molecule has 2 aromatic carbocycles. The Morgan fingerprint density at radius 2 is 1.85 bits per heavy atom. The summed E-state index contributed by atoms with van der Waals surface area (Å²) in [6, 6.07) is 15.5. The molecule has 3 aromatic rings. The molecule has 1 heterocycles. The summed E-state index contributed by atoms with van der Waals surface area (Å²) in [5.41, 5.74) is 4.45. The molecule has 1 aliphatic rings. The molecular formula is C24H27N3O5S. The van der Waals surface area contributed by atoms with Gasteiger partial charge in [-0.15, -0.1) is 0 Å². The number of sulfonamides is 1. The van der Waals surface area contributed by atoms with Gasteiger partial charge in [0, 0.05) is 22.7 Å². The Balaban J connectivity index is 1.45. The number of carbonyl (C=O) groups is 1. The van der Waals surface area contributed by atoms with E-state index in [9.17, 15) is 13.2 Å². The van der Waals surface area contributed by atoms with Crippen LogP contribution in [0, 0.1) is 12.8 Å². The number of rotatable bonds is 7. The van der Waals surface area contributed by atoms with E-state index in [0.29, 0.717) is 25.2 Å². The Morgan fingerprint density at radius 3 is 2.61 bits per heavy atom. The third kappa shape index (κ3) is 5.32. The first-order chi connectivity index (χ1) is 15.9. The molecule has 1 amide bonds. The molecule has 0 saturated heterocycles. The molecule has 0 radical (unpaired) electrons. The van der Waals surface area contributed by atoms with Crippen LogP contribution in [0.2, 0.25) is 0 Å². The average Bonchev–Trinajstić information content (AvgIpc) is 2.82. The highest BCUT2D eigenvalue weighted by Crippen LogP contribution is 2.27. The minimum atomic E-state index is -3.83. The Labute approximate surface area is 193 Å². The van der Waals surface area contributed by atoms with E-state index >= 15 is 0 Å². The lowest BCUT2D eigenvalue weighted by molar-refractivity contribution is -0.135. The normalized spacial score (nSPS) is 18.7. The minimum absolute atomic E-state index is 0.0915. The molecule has 1 aromatic heterocycles. The van der Waals surface area contributed by atoms with Crippen molar-refractivity contribution in [3.63, 3.8) is 0 Å². The third-order valence-electron chi connectivity index (χ3n) is 5.98. The Hall–Kier alpha value is -3.01. The number of fused-ring (bicyclic) bond motifs is 1. The van der Waals surface area contributed by atoms with E-state index in [2.05, 4.69) is 9.71 Å². The van der Waals surface area contributed by atoms with Crippen molar-refractivity contribution in [1.29, 1.82) is 0 Å². The van der Waals surface area contributed by atoms with E-state index in [1.54, 1.807) is 17.6 Å². The predicted molar refractivity (Wildman–Crippen MR) is 123 cm³/mol. The Morgan fingerprint density at radius 1 is 1.12 bits per heavy atom. The van der Waals surface area contributed by atoms with Crippen molar-refractivity contribution in [3.05, 3.63) is 65.9 Å². The van der Waals surface area contributed by atoms with Crippen molar-refractivity contribution in [2.24, 2.45) is 5.92 Å². The van der Waals surface area contributed by atoms with Gasteiger partial charge in [-0.2, -0.15) is 0 Å². The van der Waals surface area contributed by atoms with Gasteiger partial charge in [0.2, 0.25) is 15.9 Å². The third-order valence-corrected chi connectivity index (χ3v) is 7.48. The second kappa shape index (κ2) is 9.86. The topological polar surface area (TPSA) is 118 Å². The average molecular weight is 470 g/mol. The molecular weight excluding hydrogens is 442 g/mol. The zero-order chi connectivity index (χ0) is 23.4. The van der Waals surface area contributed by atoms with Gasteiger partial charge in [0.25, 0.3) is 0 Å². The standard InChI is InChI=1S/C24H27N3O5S/c1-16-14-17(20-6-2-4-8-22(20)25-16)15-32-18-10-12-19(13-11-18)33(30,31)27-23-9-5-3-7-21(23)24(28)26-29/h2,4,6,8,10-14,21,23,27,29H,3,5,7,9,15H2,1H3,(H,26,28). The van der Waals surface area contributed by atoms with Crippen LogP contribution < -0.4 is 14.9 Å². The number of para-hydroxylation sites is 1. The predicted octanol–water partition coefficient (Wildman–Crippen LogP) is 3.46. The van der Waals surface area contributed by atoms with Gasteiger partial charge >= 0.3 is 0 Å². The van der Waals surface area contributed by atoms with Crippen LogP contribution in [0.25, 0.3) is 10.9 Å². The molecule has 1 aliphatic carbocycles. The van der Waals surface area contributed by atoms with Gasteiger partial charge in [-0.1, -0.05) is 31.0 Å². The summed E-state index contributed by atoms with van der Waals surface area (Å²) in [6.07, 6.45) is 2.69. The van der Waals surface area contributed by atoms with Crippen molar-refractivity contribution >= 4 is 26.8 Å². The number of amides is 1. The molecule has 33 heavy (non-hydrogen) atoms. The van der Waals surface area contributed by atoms with Gasteiger partial charge in [0.1, 0.15) is 12.4 Å². The van der Waals surface area contributed by atoms with Crippen LogP contribution in [-0.4, -0.2) is 30.6 Å². The van der Waals surface area contributed by atoms with Crippen LogP contribution in [0.1, 0.15) is 36.9 Å². The number of ether oxygens (including phenoxy) is 1. The summed E-state index contributed by atoms with van der Waals surface area (Å²) in [4.78, 5) is 16.5. The van der Waals surface area contributed by atoms with Gasteiger partial charge in [-0.05, 0) is 56.2 Å². The van der Waals surface area contributed by atoms with Crippen molar-refractivity contribution in [2.75, 3.05) is 0 Å². The minimum Gasteiger partial charge on any atom is -0.489 e. The first-order valence-electron chi connectivity index (χ1n) is 10.9. The molecule has 2 atom stereocenters. The summed E-state index contributed by atoms with van der Waals surface area (Å²) in [5, 5.41) is 9.98. The SMILES string of the molecule is Cc1cc(COc2ccc(S(=O)(=O)NC3CCCCC3C(=O)NO)cc2)c2ccccc2n1. The van der Waals surface area contributed by atoms with Crippen LogP contribution >= 0.6 is 0 Å². The number of nitrogens with zero attached hydrogens (tertiary/aromatic N) is 1. The lowest BCUT2D eigenvalue weighted by Gasteiger charge is -2.30. The number of pyridine rings is 1. The van der Waals surface area contributed by atoms with E-state index in [1.807, 2.05) is 37.3 Å². The van der Waals surface area contributed by atoms with Crippen LogP contribution in [-0.2, 0) is 21.4 Å². The molecule has 9 heteroatoms. The van der Waals surface area contributed by atoms with Crippen LogP contribution in [0.15, 0.2) is 59.5 Å². The fourth-order valence-corrected chi connectivity index (χ4v) is 5.64. The van der Waals surface area contributed by atoms with E-state index < -0.39 is 27.9 Å². The largest absolute Gasteiger partial charge is 0.489 e.